The molecule has 8 heteroatoms. The largest absolute Gasteiger partial charge is 0.477 e. The lowest BCUT2D eigenvalue weighted by Crippen LogP contribution is -2.25. The van der Waals surface area contributed by atoms with E-state index in [4.69, 9.17) is 4.99 Å². The number of nitrogens with zero attached hydrogens (tertiary/aromatic N) is 2. The maximum absolute atomic E-state index is 15.3. The summed E-state index contributed by atoms with van der Waals surface area (Å²) in [5, 5.41) is 14.0. The van der Waals surface area contributed by atoms with E-state index >= 15 is 4.39 Å². The molecule has 0 bridgehead atoms. The molecule has 0 radical (unpaired) electrons. The maximum Gasteiger partial charge on any atom is 0.341 e. The number of fused-ring (bicyclic) bond motifs is 6. The lowest BCUT2D eigenvalue weighted by Gasteiger charge is -2.23. The zero-order valence-electron chi connectivity index (χ0n) is 17.6. The van der Waals surface area contributed by atoms with Gasteiger partial charge in [0.25, 0.3) is 0 Å². The van der Waals surface area contributed by atoms with Gasteiger partial charge in [0.15, 0.2) is 5.49 Å². The third kappa shape index (κ3) is 2.43. The van der Waals surface area contributed by atoms with Crippen LogP contribution in [0.5, 0.6) is 0 Å². The number of carbonyl (C=O) groups is 1. The molecule has 1 unspecified atom stereocenters. The summed E-state index contributed by atoms with van der Waals surface area (Å²) in [6.07, 6.45) is 8.13. The number of aromatic nitrogens is 2. The van der Waals surface area contributed by atoms with Gasteiger partial charge in [-0.3, -0.25) is 4.79 Å². The number of aromatic carboxylic acids is 1. The van der Waals surface area contributed by atoms with Crippen molar-refractivity contribution in [2.24, 2.45) is 4.99 Å². The first kappa shape index (κ1) is 19.0. The van der Waals surface area contributed by atoms with Crippen LogP contribution in [0.4, 0.5) is 21.5 Å². The highest BCUT2D eigenvalue weighted by Gasteiger charge is 2.34. The second kappa shape index (κ2) is 6.41. The van der Waals surface area contributed by atoms with Crippen LogP contribution in [0.2, 0.25) is 0 Å². The van der Waals surface area contributed by atoms with E-state index in [0.717, 1.165) is 35.5 Å². The minimum atomic E-state index is -1.28. The van der Waals surface area contributed by atoms with Gasteiger partial charge in [0.2, 0.25) is 5.43 Å². The predicted octanol–water partition coefficient (Wildman–Crippen LogP) is 3.53. The minimum absolute atomic E-state index is 0.0506. The third-order valence-corrected chi connectivity index (χ3v) is 6.62. The van der Waals surface area contributed by atoms with Crippen molar-refractivity contribution < 1.29 is 14.3 Å². The molecule has 7 nitrogen and oxygen atoms in total. The first-order valence-electron chi connectivity index (χ1n) is 10.8. The number of allylic oxidation sites excluding steroid dienone is 2. The Balaban J connectivity index is 1.78. The van der Waals surface area contributed by atoms with Gasteiger partial charge in [-0.1, -0.05) is 26.0 Å². The molecule has 1 aromatic carbocycles. The summed E-state index contributed by atoms with van der Waals surface area (Å²) >= 11 is 0. The summed E-state index contributed by atoms with van der Waals surface area (Å²) in [6, 6.07) is 1.23. The first-order chi connectivity index (χ1) is 15.4. The Morgan fingerprint density at radius 2 is 2.12 bits per heavy atom. The molecular weight excluding hydrogens is 411 g/mol. The zero-order valence-corrected chi connectivity index (χ0v) is 17.6. The van der Waals surface area contributed by atoms with E-state index in [1.54, 1.807) is 0 Å². The molecule has 1 atom stereocenters. The Labute approximate surface area is 181 Å². The molecule has 1 saturated carbocycles. The van der Waals surface area contributed by atoms with E-state index in [2.05, 4.69) is 23.3 Å². The number of rotatable bonds is 3. The molecule has 0 amide bonds. The highest BCUT2D eigenvalue weighted by molar-refractivity contribution is 6.02. The van der Waals surface area contributed by atoms with Crippen LogP contribution in [0.1, 0.15) is 60.3 Å². The molecule has 6 rings (SSSR count). The standard InChI is InChI=1S/C24H21FN4O3/c1-3-15-17(24(31)32)22(30)12-9-13(25)18-20(21(12)29(15)11-7-8-11)28-23-19(27-18)16-10(2)5-4-6-14(16)26-23/h4-6,9-11,27H,3,7-8H2,1-2H3,(H,26,28)(H,31,32). The molecule has 2 aliphatic carbocycles. The molecule has 3 aromatic rings. The molecule has 3 N–H and O–H groups in total. The summed E-state index contributed by atoms with van der Waals surface area (Å²) in [5.41, 5.74) is 2.90. The summed E-state index contributed by atoms with van der Waals surface area (Å²) < 4.78 is 17.2. The Bertz CT molecular complexity index is 1570. The summed E-state index contributed by atoms with van der Waals surface area (Å²) in [6.45, 7) is 3.90. The van der Waals surface area contributed by atoms with Crippen molar-refractivity contribution in [3.8, 4) is 0 Å². The fraction of sp³-hybridized carbons (Fsp3) is 0.292. The van der Waals surface area contributed by atoms with Gasteiger partial charge in [-0.05, 0) is 31.4 Å². The first-order valence-corrected chi connectivity index (χ1v) is 10.8. The number of hydrogen-bond donors (Lipinski definition) is 3. The van der Waals surface area contributed by atoms with Gasteiger partial charge < -0.3 is 20.0 Å². The van der Waals surface area contributed by atoms with E-state index in [1.807, 2.05) is 23.6 Å². The van der Waals surface area contributed by atoms with Crippen molar-refractivity contribution in [2.75, 3.05) is 5.32 Å². The number of pyridine rings is 1. The lowest BCUT2D eigenvalue weighted by atomic mass is 9.97. The Kier molecular flexibility index (Phi) is 3.82. The molecule has 3 aliphatic rings. The van der Waals surface area contributed by atoms with Crippen LogP contribution in [0.25, 0.3) is 17.0 Å². The topological polar surface area (TPSA) is 99.5 Å². The van der Waals surface area contributed by atoms with Crippen LogP contribution in [0.15, 0.2) is 28.0 Å². The van der Waals surface area contributed by atoms with Crippen molar-refractivity contribution in [1.82, 2.24) is 9.55 Å². The molecule has 2 aromatic heterocycles. The second-order valence-electron chi connectivity index (χ2n) is 8.64. The van der Waals surface area contributed by atoms with E-state index in [9.17, 15) is 14.7 Å². The van der Waals surface area contributed by atoms with Gasteiger partial charge in [-0.15, -0.1) is 0 Å². The number of carboxylic acids is 1. The van der Waals surface area contributed by atoms with E-state index in [1.165, 1.54) is 0 Å². The van der Waals surface area contributed by atoms with E-state index < -0.39 is 17.2 Å². The highest BCUT2D eigenvalue weighted by atomic mass is 19.1. The smallest absolute Gasteiger partial charge is 0.341 e. The van der Waals surface area contributed by atoms with Gasteiger partial charge in [-0.25, -0.2) is 14.2 Å². The van der Waals surface area contributed by atoms with Crippen LogP contribution >= 0.6 is 0 Å². The van der Waals surface area contributed by atoms with Crippen molar-refractivity contribution in [3.05, 3.63) is 61.9 Å². The van der Waals surface area contributed by atoms with E-state index in [-0.39, 0.29) is 28.6 Å². The number of benzene rings is 1. The molecule has 162 valence electrons. The fourth-order valence-electron chi connectivity index (χ4n) is 5.08. The molecule has 1 aliphatic heterocycles. The molecule has 0 spiro atoms. The van der Waals surface area contributed by atoms with Crippen LogP contribution < -0.4 is 21.6 Å². The van der Waals surface area contributed by atoms with Crippen LogP contribution in [-0.4, -0.2) is 20.6 Å². The van der Waals surface area contributed by atoms with Gasteiger partial charge in [0.1, 0.15) is 22.8 Å². The zero-order chi connectivity index (χ0) is 22.3. The predicted molar refractivity (Wildman–Crippen MR) is 119 cm³/mol. The van der Waals surface area contributed by atoms with Crippen molar-refractivity contribution in [2.45, 2.75) is 45.1 Å². The van der Waals surface area contributed by atoms with Crippen molar-refractivity contribution >= 4 is 40.0 Å². The maximum atomic E-state index is 15.3. The van der Waals surface area contributed by atoms with Gasteiger partial charge in [-0.2, -0.15) is 0 Å². The Hall–Kier alpha value is -3.68. The number of nitrogens with one attached hydrogen (secondary N) is 2. The number of carboxylic acid groups (broad SMARTS) is 1. The molecule has 1 fully saturated rings. The number of aromatic amines is 1. The van der Waals surface area contributed by atoms with Gasteiger partial charge >= 0.3 is 5.97 Å². The van der Waals surface area contributed by atoms with Gasteiger partial charge in [0.05, 0.1) is 16.6 Å². The van der Waals surface area contributed by atoms with Gasteiger partial charge in [0, 0.05) is 28.6 Å². The quantitative estimate of drug-likeness (QED) is 0.461. The Morgan fingerprint density at radius 1 is 1.34 bits per heavy atom. The molecule has 32 heavy (non-hydrogen) atoms. The summed E-state index contributed by atoms with van der Waals surface area (Å²) in [4.78, 5) is 33.2. The average molecular weight is 432 g/mol. The molecule has 0 saturated heterocycles. The molecular formula is C24H21FN4O3. The average Bonchev–Trinajstić information content (AvgIpc) is 3.52. The highest BCUT2D eigenvalue weighted by Crippen LogP contribution is 2.45. The normalized spacial score (nSPS) is 18.3. The minimum Gasteiger partial charge on any atom is -0.477 e. The monoisotopic (exact) mass is 432 g/mol. The van der Waals surface area contributed by atoms with Crippen LogP contribution in [0.3, 0.4) is 0 Å². The number of H-pyrrole nitrogens is 1. The SMILES string of the molecule is CCc1c(C(=O)O)c(=O)c2cc(F)c3c(c2n1C1CC1)N=c1[nH]c2c(c1N3)C(C)C=CC=2. The Morgan fingerprint density at radius 3 is 2.81 bits per heavy atom. The third-order valence-electron chi connectivity index (χ3n) is 6.62. The van der Waals surface area contributed by atoms with E-state index in [0.29, 0.717) is 28.8 Å². The number of hydrogen-bond acceptors (Lipinski definition) is 4. The summed E-state index contributed by atoms with van der Waals surface area (Å²) in [5.74, 6) is -1.77. The van der Waals surface area contributed by atoms with Crippen LogP contribution in [0, 0.1) is 5.82 Å². The summed E-state index contributed by atoms with van der Waals surface area (Å²) in [7, 11) is 0. The second-order valence-corrected chi connectivity index (χ2v) is 8.64. The lowest BCUT2D eigenvalue weighted by molar-refractivity contribution is 0.0693. The molecule has 3 heterocycles. The van der Waals surface area contributed by atoms with Crippen molar-refractivity contribution in [1.29, 1.82) is 0 Å². The fourth-order valence-corrected chi connectivity index (χ4v) is 5.08. The number of halogens is 1. The number of anilines is 2. The van der Waals surface area contributed by atoms with Crippen LogP contribution in [-0.2, 0) is 6.42 Å². The van der Waals surface area contributed by atoms with Crippen molar-refractivity contribution in [3.63, 3.8) is 0 Å².